The molecule has 4 aromatic heterocycles. The molecule has 0 aromatic carbocycles. The summed E-state index contributed by atoms with van der Waals surface area (Å²) in [7, 11) is 0. The predicted octanol–water partition coefficient (Wildman–Crippen LogP) is 3.53. The molecule has 140 valence electrons. The van der Waals surface area contributed by atoms with Crippen LogP contribution in [-0.2, 0) is 6.54 Å². The third-order valence-corrected chi connectivity index (χ3v) is 4.26. The number of fused-ring (bicyclic) bond motifs is 2. The van der Waals surface area contributed by atoms with Crippen LogP contribution in [0.3, 0.4) is 0 Å². The minimum absolute atomic E-state index is 0.224. The van der Waals surface area contributed by atoms with Crippen molar-refractivity contribution < 1.29 is 8.78 Å². The van der Waals surface area contributed by atoms with Crippen molar-refractivity contribution in [1.82, 2.24) is 29.1 Å². The maximum Gasteiger partial charge on any atom is 0.256 e. The lowest BCUT2D eigenvalue weighted by Crippen LogP contribution is -2.13. The first kappa shape index (κ1) is 17.3. The van der Waals surface area contributed by atoms with Crippen LogP contribution in [0.1, 0.15) is 19.7 Å². The van der Waals surface area contributed by atoms with Crippen LogP contribution >= 0.6 is 0 Å². The highest BCUT2D eigenvalue weighted by Gasteiger charge is 2.15. The van der Waals surface area contributed by atoms with E-state index in [0.717, 1.165) is 16.6 Å². The normalized spacial score (nSPS) is 12.0. The molecule has 0 aliphatic rings. The molecule has 0 radical (unpaired) electrons. The number of aryl methyl sites for hydroxylation is 1. The molecule has 0 fully saturated rings. The fourth-order valence-electron chi connectivity index (χ4n) is 3.10. The number of alkyl halides is 2. The van der Waals surface area contributed by atoms with E-state index in [0.29, 0.717) is 22.9 Å². The Labute approximate surface area is 154 Å². The second kappa shape index (κ2) is 6.57. The van der Waals surface area contributed by atoms with Crippen LogP contribution in [0.15, 0.2) is 30.7 Å². The summed E-state index contributed by atoms with van der Waals surface area (Å²) < 4.78 is 29.1. The number of nitrogens with one attached hydrogen (secondary N) is 1. The molecule has 9 heteroatoms. The maximum atomic E-state index is 12.9. The molecule has 0 aliphatic heterocycles. The van der Waals surface area contributed by atoms with Crippen molar-refractivity contribution in [2.75, 3.05) is 5.32 Å². The van der Waals surface area contributed by atoms with Gasteiger partial charge in [-0.2, -0.15) is 0 Å². The van der Waals surface area contributed by atoms with Gasteiger partial charge < -0.3 is 9.88 Å². The van der Waals surface area contributed by atoms with Crippen LogP contribution in [0.2, 0.25) is 0 Å². The van der Waals surface area contributed by atoms with Crippen LogP contribution in [0, 0.1) is 6.92 Å². The zero-order valence-corrected chi connectivity index (χ0v) is 15.2. The Kier molecular flexibility index (Phi) is 4.21. The molecule has 0 aliphatic carbocycles. The Bertz CT molecular complexity index is 1110. The number of hydrogen-bond donors (Lipinski definition) is 1. The van der Waals surface area contributed by atoms with E-state index in [1.54, 1.807) is 23.8 Å². The number of nitrogens with zero attached hydrogens (tertiary/aromatic N) is 6. The predicted molar refractivity (Wildman–Crippen MR) is 99.0 cm³/mol. The van der Waals surface area contributed by atoms with E-state index < -0.39 is 13.0 Å². The Morgan fingerprint density at radius 3 is 2.70 bits per heavy atom. The van der Waals surface area contributed by atoms with E-state index in [4.69, 9.17) is 0 Å². The summed E-state index contributed by atoms with van der Waals surface area (Å²) in [5.41, 5.74) is 3.53. The van der Waals surface area contributed by atoms with Crippen molar-refractivity contribution in [1.29, 1.82) is 0 Å². The quantitative estimate of drug-likeness (QED) is 0.581. The minimum Gasteiger partial charge on any atom is -0.351 e. The number of rotatable bonds is 5. The van der Waals surface area contributed by atoms with E-state index in [-0.39, 0.29) is 6.04 Å². The van der Waals surface area contributed by atoms with Crippen molar-refractivity contribution >= 4 is 22.6 Å². The van der Waals surface area contributed by atoms with E-state index >= 15 is 0 Å². The summed E-state index contributed by atoms with van der Waals surface area (Å²) in [6.45, 7) is 5.33. The fourth-order valence-corrected chi connectivity index (χ4v) is 3.10. The lowest BCUT2D eigenvalue weighted by atomic mass is 10.1. The molecule has 4 heterocycles. The molecule has 0 saturated carbocycles. The standard InChI is InChI=1S/C18H19F2N7/c1-10(2)23-18-22-8-15-13(4-5-27(15)25-18)12-6-14-17(21-7-12)24-11(3)26(14)9-16(19)20/h4-8,10,16H,9H2,1-3H3,(H,23,25). The minimum atomic E-state index is -2.46. The summed E-state index contributed by atoms with van der Waals surface area (Å²) in [5.74, 6) is 1.06. The van der Waals surface area contributed by atoms with E-state index in [2.05, 4.69) is 25.4 Å². The highest BCUT2D eigenvalue weighted by molar-refractivity contribution is 5.85. The molecule has 0 unspecified atom stereocenters. The van der Waals surface area contributed by atoms with Gasteiger partial charge in [0.15, 0.2) is 5.65 Å². The fraction of sp³-hybridized carbons (Fsp3) is 0.333. The number of hydrogen-bond acceptors (Lipinski definition) is 5. The number of imidazole rings is 1. The Balaban J connectivity index is 1.79. The van der Waals surface area contributed by atoms with Gasteiger partial charge >= 0.3 is 0 Å². The van der Waals surface area contributed by atoms with Crippen molar-refractivity contribution in [3.8, 4) is 11.1 Å². The third-order valence-electron chi connectivity index (χ3n) is 4.26. The molecule has 0 bridgehead atoms. The molecule has 1 N–H and O–H groups in total. The number of aromatic nitrogens is 6. The van der Waals surface area contributed by atoms with Crippen LogP contribution in [0.4, 0.5) is 14.7 Å². The van der Waals surface area contributed by atoms with Crippen LogP contribution in [0.5, 0.6) is 0 Å². The SMILES string of the molecule is Cc1nc2ncc(-c3ccn4nc(NC(C)C)ncc34)cc2n1CC(F)F. The second-order valence-electron chi connectivity index (χ2n) is 6.67. The summed E-state index contributed by atoms with van der Waals surface area (Å²) in [5, 5.41) is 7.60. The van der Waals surface area contributed by atoms with E-state index in [1.807, 2.05) is 32.2 Å². The van der Waals surface area contributed by atoms with Gasteiger partial charge in [-0.05, 0) is 32.9 Å². The summed E-state index contributed by atoms with van der Waals surface area (Å²) >= 11 is 0. The van der Waals surface area contributed by atoms with Gasteiger partial charge in [0.25, 0.3) is 6.43 Å². The molecule has 0 saturated heterocycles. The topological polar surface area (TPSA) is 72.9 Å². The molecule has 7 nitrogen and oxygen atoms in total. The first-order valence-corrected chi connectivity index (χ1v) is 8.64. The number of anilines is 1. The lowest BCUT2D eigenvalue weighted by molar-refractivity contribution is 0.127. The molecule has 0 atom stereocenters. The highest BCUT2D eigenvalue weighted by atomic mass is 19.3. The first-order valence-electron chi connectivity index (χ1n) is 8.64. The Morgan fingerprint density at radius 2 is 1.96 bits per heavy atom. The molecule has 27 heavy (non-hydrogen) atoms. The van der Waals surface area contributed by atoms with Gasteiger partial charge in [0.1, 0.15) is 5.82 Å². The first-order chi connectivity index (χ1) is 12.9. The summed E-state index contributed by atoms with van der Waals surface area (Å²) in [4.78, 5) is 13.0. The van der Waals surface area contributed by atoms with Crippen molar-refractivity contribution in [3.63, 3.8) is 0 Å². The smallest absolute Gasteiger partial charge is 0.256 e. The van der Waals surface area contributed by atoms with E-state index in [9.17, 15) is 8.78 Å². The zero-order valence-electron chi connectivity index (χ0n) is 15.2. The number of pyridine rings is 1. The van der Waals surface area contributed by atoms with Gasteiger partial charge in [0.2, 0.25) is 5.95 Å². The molecular weight excluding hydrogens is 352 g/mol. The number of halogens is 2. The second-order valence-corrected chi connectivity index (χ2v) is 6.67. The van der Waals surface area contributed by atoms with Gasteiger partial charge in [-0.15, -0.1) is 5.10 Å². The summed E-state index contributed by atoms with van der Waals surface area (Å²) in [6, 6.07) is 3.97. The molecular formula is C18H19F2N7. The average Bonchev–Trinajstić information content (AvgIpc) is 3.15. The Hall–Kier alpha value is -3.10. The lowest BCUT2D eigenvalue weighted by Gasteiger charge is -2.08. The third kappa shape index (κ3) is 3.20. The van der Waals surface area contributed by atoms with Gasteiger partial charge in [-0.3, -0.25) is 0 Å². The Morgan fingerprint density at radius 1 is 1.15 bits per heavy atom. The molecule has 0 spiro atoms. The zero-order chi connectivity index (χ0) is 19.1. The molecule has 0 amide bonds. The molecule has 4 rings (SSSR count). The van der Waals surface area contributed by atoms with Crippen molar-refractivity contribution in [2.24, 2.45) is 0 Å². The van der Waals surface area contributed by atoms with Gasteiger partial charge in [0, 0.05) is 29.6 Å². The van der Waals surface area contributed by atoms with Gasteiger partial charge in [-0.25, -0.2) is 28.2 Å². The van der Waals surface area contributed by atoms with Crippen molar-refractivity contribution in [2.45, 2.75) is 39.8 Å². The van der Waals surface area contributed by atoms with E-state index in [1.165, 1.54) is 4.57 Å². The maximum absolute atomic E-state index is 12.9. The largest absolute Gasteiger partial charge is 0.351 e. The van der Waals surface area contributed by atoms with Crippen LogP contribution in [0.25, 0.3) is 27.8 Å². The van der Waals surface area contributed by atoms with Gasteiger partial charge in [0.05, 0.1) is 23.8 Å². The van der Waals surface area contributed by atoms with Gasteiger partial charge in [-0.1, -0.05) is 0 Å². The highest BCUT2D eigenvalue weighted by Crippen LogP contribution is 2.28. The monoisotopic (exact) mass is 371 g/mol. The van der Waals surface area contributed by atoms with Crippen LogP contribution < -0.4 is 5.32 Å². The van der Waals surface area contributed by atoms with Crippen LogP contribution in [-0.4, -0.2) is 41.6 Å². The summed E-state index contributed by atoms with van der Waals surface area (Å²) in [6.07, 6.45) is 2.81. The van der Waals surface area contributed by atoms with Crippen molar-refractivity contribution in [3.05, 3.63) is 36.5 Å². The molecule has 4 aromatic rings. The average molecular weight is 371 g/mol.